The van der Waals surface area contributed by atoms with Crippen LogP contribution in [0.5, 0.6) is 0 Å². The number of hydrogen-bond acceptors (Lipinski definition) is 4. The number of anilines is 2. The molecular weight excluding hydrogens is 266 g/mol. The van der Waals surface area contributed by atoms with E-state index in [1.165, 1.54) is 12.8 Å². The Balaban J connectivity index is 1.72. The van der Waals surface area contributed by atoms with Crippen molar-refractivity contribution in [3.05, 3.63) is 24.3 Å². The minimum Gasteiger partial charge on any atom is -0.399 e. The van der Waals surface area contributed by atoms with E-state index in [-0.39, 0.29) is 11.9 Å². The van der Waals surface area contributed by atoms with Gasteiger partial charge >= 0.3 is 0 Å². The summed E-state index contributed by atoms with van der Waals surface area (Å²) in [6.45, 7) is 4.17. The van der Waals surface area contributed by atoms with Gasteiger partial charge in [0.25, 0.3) is 0 Å². The van der Waals surface area contributed by atoms with Crippen LogP contribution in [0, 0.1) is 5.92 Å². The first-order chi connectivity index (χ1) is 10.1. The molecule has 1 atom stereocenters. The fraction of sp³-hybridized carbons (Fsp3) is 0.562. The first kappa shape index (κ1) is 15.8. The lowest BCUT2D eigenvalue weighted by atomic mass is 10.2. The summed E-state index contributed by atoms with van der Waals surface area (Å²) in [6.07, 6.45) is 2.60. The smallest absolute Gasteiger partial charge is 0.241 e. The number of carbonyl (C=O) groups excluding carboxylic acids is 1. The van der Waals surface area contributed by atoms with Gasteiger partial charge in [0, 0.05) is 24.5 Å². The fourth-order valence-corrected chi connectivity index (χ4v) is 2.00. The van der Waals surface area contributed by atoms with Crippen molar-refractivity contribution in [1.29, 1.82) is 0 Å². The maximum Gasteiger partial charge on any atom is 0.241 e. The van der Waals surface area contributed by atoms with Crippen molar-refractivity contribution < 1.29 is 9.53 Å². The average Bonchev–Trinajstić information content (AvgIpc) is 3.26. The van der Waals surface area contributed by atoms with Gasteiger partial charge in [-0.2, -0.15) is 0 Å². The van der Waals surface area contributed by atoms with Crippen LogP contribution in [0.3, 0.4) is 0 Å². The van der Waals surface area contributed by atoms with Crippen molar-refractivity contribution >= 4 is 17.3 Å². The second-order valence-corrected chi connectivity index (χ2v) is 5.79. The van der Waals surface area contributed by atoms with Crippen LogP contribution in [-0.2, 0) is 9.53 Å². The lowest BCUT2D eigenvalue weighted by Gasteiger charge is -2.23. The first-order valence-electron chi connectivity index (χ1n) is 7.50. The molecule has 2 rings (SSSR count). The van der Waals surface area contributed by atoms with Gasteiger partial charge in [0.1, 0.15) is 0 Å². The standard InChI is InChI=1S/C16H25N3O2/c1-12(19(2)8-9-21-11-13-6-7-13)16(20)18-15-5-3-4-14(17)10-15/h3-5,10,12-13H,6-9,11,17H2,1-2H3,(H,18,20). The number of nitrogens with zero attached hydrogens (tertiary/aromatic N) is 1. The van der Waals surface area contributed by atoms with Crippen LogP contribution in [0.25, 0.3) is 0 Å². The van der Waals surface area contributed by atoms with E-state index in [1.54, 1.807) is 12.1 Å². The molecule has 0 bridgehead atoms. The lowest BCUT2D eigenvalue weighted by Crippen LogP contribution is -2.41. The van der Waals surface area contributed by atoms with Crippen molar-refractivity contribution in [2.45, 2.75) is 25.8 Å². The Labute approximate surface area is 126 Å². The molecule has 0 aliphatic heterocycles. The van der Waals surface area contributed by atoms with Crippen molar-refractivity contribution in [3.8, 4) is 0 Å². The molecule has 0 heterocycles. The van der Waals surface area contributed by atoms with E-state index in [0.717, 1.165) is 24.8 Å². The Kier molecular flexibility index (Phi) is 5.59. The van der Waals surface area contributed by atoms with Crippen LogP contribution in [-0.4, -0.2) is 43.7 Å². The molecule has 5 heteroatoms. The van der Waals surface area contributed by atoms with Gasteiger partial charge in [-0.05, 0) is 50.9 Å². The minimum atomic E-state index is -0.212. The quantitative estimate of drug-likeness (QED) is 0.567. The number of likely N-dealkylation sites (N-methyl/N-ethyl adjacent to an activating group) is 1. The second-order valence-electron chi connectivity index (χ2n) is 5.79. The first-order valence-corrected chi connectivity index (χ1v) is 7.50. The summed E-state index contributed by atoms with van der Waals surface area (Å²) in [7, 11) is 1.93. The van der Waals surface area contributed by atoms with Crippen LogP contribution >= 0.6 is 0 Å². The van der Waals surface area contributed by atoms with Gasteiger partial charge in [-0.15, -0.1) is 0 Å². The summed E-state index contributed by atoms with van der Waals surface area (Å²) in [5.41, 5.74) is 7.07. The zero-order chi connectivity index (χ0) is 15.2. The van der Waals surface area contributed by atoms with E-state index >= 15 is 0 Å². The van der Waals surface area contributed by atoms with E-state index in [4.69, 9.17) is 10.5 Å². The third kappa shape index (κ3) is 5.36. The molecular formula is C16H25N3O2. The molecule has 0 spiro atoms. The largest absolute Gasteiger partial charge is 0.399 e. The highest BCUT2D eigenvalue weighted by Crippen LogP contribution is 2.28. The maximum absolute atomic E-state index is 12.2. The van der Waals surface area contributed by atoms with Crippen molar-refractivity contribution in [2.24, 2.45) is 5.92 Å². The summed E-state index contributed by atoms with van der Waals surface area (Å²) in [5.74, 6) is 0.741. The molecule has 1 aromatic carbocycles. The molecule has 116 valence electrons. The zero-order valence-electron chi connectivity index (χ0n) is 12.8. The number of nitrogens with two attached hydrogens (primary N) is 1. The van der Waals surface area contributed by atoms with Crippen LogP contribution < -0.4 is 11.1 Å². The molecule has 0 aromatic heterocycles. The van der Waals surface area contributed by atoms with Gasteiger partial charge in [0.2, 0.25) is 5.91 Å². The molecule has 1 aromatic rings. The number of ether oxygens (including phenoxy) is 1. The molecule has 1 aliphatic carbocycles. The Bertz CT molecular complexity index is 474. The molecule has 3 N–H and O–H groups in total. The zero-order valence-corrected chi connectivity index (χ0v) is 12.8. The molecule has 1 unspecified atom stereocenters. The number of nitrogens with one attached hydrogen (secondary N) is 1. The summed E-state index contributed by atoms with van der Waals surface area (Å²) >= 11 is 0. The second kappa shape index (κ2) is 7.43. The molecule has 1 fully saturated rings. The van der Waals surface area contributed by atoms with Gasteiger partial charge in [-0.1, -0.05) is 6.07 Å². The predicted molar refractivity (Wildman–Crippen MR) is 85.1 cm³/mol. The Hall–Kier alpha value is -1.59. The highest BCUT2D eigenvalue weighted by molar-refractivity contribution is 5.94. The summed E-state index contributed by atoms with van der Waals surface area (Å²) in [5, 5.41) is 2.88. The predicted octanol–water partition coefficient (Wildman–Crippen LogP) is 1.95. The molecule has 1 amide bonds. The number of rotatable bonds is 8. The van der Waals surface area contributed by atoms with Gasteiger partial charge in [0.05, 0.1) is 12.6 Å². The Morgan fingerprint density at radius 3 is 2.95 bits per heavy atom. The Morgan fingerprint density at radius 1 is 1.52 bits per heavy atom. The summed E-state index contributed by atoms with van der Waals surface area (Å²) in [4.78, 5) is 14.2. The van der Waals surface area contributed by atoms with E-state index in [0.29, 0.717) is 12.3 Å². The Morgan fingerprint density at radius 2 is 2.29 bits per heavy atom. The average molecular weight is 291 g/mol. The third-order valence-electron chi connectivity index (χ3n) is 3.83. The summed E-state index contributed by atoms with van der Waals surface area (Å²) < 4.78 is 5.60. The molecule has 0 saturated heterocycles. The van der Waals surface area contributed by atoms with E-state index in [2.05, 4.69) is 5.32 Å². The van der Waals surface area contributed by atoms with Crippen LogP contribution in [0.15, 0.2) is 24.3 Å². The fourth-order valence-electron chi connectivity index (χ4n) is 2.00. The van der Waals surface area contributed by atoms with Gasteiger partial charge in [-0.25, -0.2) is 0 Å². The normalized spacial score (nSPS) is 16.0. The molecule has 1 saturated carbocycles. The molecule has 0 radical (unpaired) electrons. The SMILES string of the molecule is CC(C(=O)Nc1cccc(N)c1)N(C)CCOCC1CC1. The third-order valence-corrected chi connectivity index (χ3v) is 3.83. The van der Waals surface area contributed by atoms with Gasteiger partial charge in [-0.3, -0.25) is 9.69 Å². The molecule has 21 heavy (non-hydrogen) atoms. The van der Waals surface area contributed by atoms with Gasteiger partial charge < -0.3 is 15.8 Å². The van der Waals surface area contributed by atoms with E-state index in [9.17, 15) is 4.79 Å². The summed E-state index contributed by atoms with van der Waals surface area (Å²) in [6, 6.07) is 6.99. The van der Waals surface area contributed by atoms with Crippen molar-refractivity contribution in [2.75, 3.05) is 37.9 Å². The molecule has 1 aliphatic rings. The molecule has 5 nitrogen and oxygen atoms in total. The van der Waals surface area contributed by atoms with E-state index in [1.807, 2.05) is 31.0 Å². The van der Waals surface area contributed by atoms with Crippen molar-refractivity contribution in [1.82, 2.24) is 4.90 Å². The highest BCUT2D eigenvalue weighted by atomic mass is 16.5. The number of amides is 1. The highest BCUT2D eigenvalue weighted by Gasteiger charge is 2.22. The van der Waals surface area contributed by atoms with Crippen LogP contribution in [0.1, 0.15) is 19.8 Å². The van der Waals surface area contributed by atoms with Crippen LogP contribution in [0.4, 0.5) is 11.4 Å². The van der Waals surface area contributed by atoms with Crippen LogP contribution in [0.2, 0.25) is 0 Å². The number of hydrogen-bond donors (Lipinski definition) is 2. The lowest BCUT2D eigenvalue weighted by molar-refractivity contribution is -0.120. The number of nitrogen functional groups attached to an aromatic ring is 1. The number of carbonyl (C=O) groups is 1. The van der Waals surface area contributed by atoms with E-state index < -0.39 is 0 Å². The monoisotopic (exact) mass is 291 g/mol. The number of benzene rings is 1. The van der Waals surface area contributed by atoms with Crippen molar-refractivity contribution in [3.63, 3.8) is 0 Å². The minimum absolute atomic E-state index is 0.0368. The maximum atomic E-state index is 12.2. The van der Waals surface area contributed by atoms with Gasteiger partial charge in [0.15, 0.2) is 0 Å². The topological polar surface area (TPSA) is 67.6 Å².